The first-order valence-electron chi connectivity index (χ1n) is 16.8. The van der Waals surface area contributed by atoms with E-state index in [4.69, 9.17) is 4.98 Å². The van der Waals surface area contributed by atoms with E-state index in [1.165, 1.54) is 16.8 Å². The van der Waals surface area contributed by atoms with E-state index in [-0.39, 0.29) is 5.41 Å². The van der Waals surface area contributed by atoms with Crippen molar-refractivity contribution in [3.63, 3.8) is 0 Å². The SMILES string of the molecule is CC1(C)c2ccccc2N(c2ccccc2)c2ccc(C3(c4ccccc4)c4ccccc4P(=O)(c4ccccc4)c4ncccc43)cc21. The predicted molar refractivity (Wildman–Crippen MR) is 202 cm³/mol. The predicted octanol–water partition coefficient (Wildman–Crippen LogP) is 9.53. The third kappa shape index (κ3) is 4.09. The molecule has 2 unspecified atom stereocenters. The number of hydrogen-bond acceptors (Lipinski definition) is 3. The summed E-state index contributed by atoms with van der Waals surface area (Å²) in [6.45, 7) is 4.67. The van der Waals surface area contributed by atoms with Crippen LogP contribution in [0.15, 0.2) is 176 Å². The zero-order chi connectivity index (χ0) is 33.2. The van der Waals surface area contributed by atoms with Gasteiger partial charge in [0.1, 0.15) is 5.44 Å². The van der Waals surface area contributed by atoms with Crippen LogP contribution in [0.4, 0.5) is 17.1 Å². The number of rotatable bonds is 4. The van der Waals surface area contributed by atoms with Crippen LogP contribution in [-0.4, -0.2) is 4.98 Å². The molecular formula is C45H35N2OP. The minimum absolute atomic E-state index is 0.295. The number of hydrogen-bond donors (Lipinski definition) is 0. The van der Waals surface area contributed by atoms with Gasteiger partial charge >= 0.3 is 0 Å². The van der Waals surface area contributed by atoms with Gasteiger partial charge in [0, 0.05) is 33.5 Å². The Hall–Kier alpha value is -5.50. The van der Waals surface area contributed by atoms with Crippen molar-refractivity contribution in [1.82, 2.24) is 4.98 Å². The highest BCUT2D eigenvalue weighted by Gasteiger charge is 2.52. The van der Waals surface area contributed by atoms with Gasteiger partial charge in [-0.3, -0.25) is 4.98 Å². The van der Waals surface area contributed by atoms with E-state index >= 15 is 4.57 Å². The zero-order valence-electron chi connectivity index (χ0n) is 27.5. The van der Waals surface area contributed by atoms with E-state index in [0.717, 1.165) is 44.2 Å². The monoisotopic (exact) mass is 650 g/mol. The van der Waals surface area contributed by atoms with Gasteiger partial charge in [0.2, 0.25) is 0 Å². The van der Waals surface area contributed by atoms with Crippen molar-refractivity contribution in [2.45, 2.75) is 24.7 Å². The van der Waals surface area contributed by atoms with Crippen LogP contribution >= 0.6 is 7.14 Å². The molecule has 1 aromatic heterocycles. The molecular weight excluding hydrogens is 615 g/mol. The number of benzene rings is 6. The lowest BCUT2D eigenvalue weighted by Gasteiger charge is -2.46. The minimum atomic E-state index is -3.33. The first-order valence-corrected chi connectivity index (χ1v) is 18.5. The summed E-state index contributed by atoms with van der Waals surface area (Å²) in [5.74, 6) is 0. The molecule has 0 saturated carbocycles. The second-order valence-electron chi connectivity index (χ2n) is 13.5. The van der Waals surface area contributed by atoms with Crippen LogP contribution < -0.4 is 20.9 Å². The van der Waals surface area contributed by atoms with Gasteiger partial charge in [-0.05, 0) is 58.1 Å². The largest absolute Gasteiger partial charge is 0.310 e. The number of pyridine rings is 1. The smallest absolute Gasteiger partial charge is 0.189 e. The van der Waals surface area contributed by atoms with Gasteiger partial charge in [-0.25, -0.2) is 0 Å². The number of para-hydroxylation sites is 2. The number of fused-ring (bicyclic) bond motifs is 4. The van der Waals surface area contributed by atoms with Gasteiger partial charge in [0.15, 0.2) is 7.14 Å². The van der Waals surface area contributed by atoms with E-state index in [0.29, 0.717) is 5.44 Å². The normalized spacial score (nSPS) is 20.0. The quantitative estimate of drug-likeness (QED) is 0.178. The lowest BCUT2D eigenvalue weighted by molar-refractivity contribution is 0.589. The lowest BCUT2D eigenvalue weighted by atomic mass is 9.63. The average Bonchev–Trinajstić information content (AvgIpc) is 3.17. The fourth-order valence-corrected chi connectivity index (χ4v) is 11.5. The van der Waals surface area contributed by atoms with Gasteiger partial charge in [0.25, 0.3) is 0 Å². The van der Waals surface area contributed by atoms with Gasteiger partial charge in [-0.1, -0.05) is 153 Å². The van der Waals surface area contributed by atoms with Crippen molar-refractivity contribution in [2.24, 2.45) is 0 Å². The van der Waals surface area contributed by atoms with Crippen LogP contribution in [0.5, 0.6) is 0 Å². The third-order valence-corrected chi connectivity index (χ3v) is 13.7. The molecule has 0 aliphatic carbocycles. The topological polar surface area (TPSA) is 33.2 Å². The maximum absolute atomic E-state index is 15.8. The second kappa shape index (κ2) is 11.0. The Morgan fingerprint density at radius 3 is 1.88 bits per heavy atom. The molecule has 4 heteroatoms. The Labute approximate surface area is 287 Å². The van der Waals surface area contributed by atoms with Crippen molar-refractivity contribution in [3.05, 3.63) is 209 Å². The summed E-state index contributed by atoms with van der Waals surface area (Å²) in [6.07, 6.45) is 1.79. The maximum atomic E-state index is 15.8. The van der Waals surface area contributed by atoms with Crippen molar-refractivity contribution in [1.29, 1.82) is 0 Å². The Kier molecular flexibility index (Phi) is 6.66. The van der Waals surface area contributed by atoms with Crippen LogP contribution in [0.25, 0.3) is 0 Å². The molecule has 0 spiro atoms. The summed E-state index contributed by atoms with van der Waals surface area (Å²) in [5.41, 5.74) is 9.80. The molecule has 0 amide bonds. The molecule has 6 aromatic carbocycles. The lowest BCUT2D eigenvalue weighted by Crippen LogP contribution is -2.48. The van der Waals surface area contributed by atoms with Gasteiger partial charge in [-0.15, -0.1) is 0 Å². The van der Waals surface area contributed by atoms with Crippen molar-refractivity contribution in [3.8, 4) is 0 Å². The Morgan fingerprint density at radius 1 is 0.531 bits per heavy atom. The number of anilines is 3. The van der Waals surface area contributed by atoms with Gasteiger partial charge in [-0.2, -0.15) is 0 Å². The molecule has 0 saturated heterocycles. The molecule has 7 aromatic rings. The van der Waals surface area contributed by atoms with Crippen molar-refractivity contribution < 1.29 is 4.57 Å². The molecule has 3 nitrogen and oxygen atoms in total. The van der Waals surface area contributed by atoms with E-state index in [2.05, 4.69) is 146 Å². The van der Waals surface area contributed by atoms with Crippen LogP contribution in [0, 0.1) is 0 Å². The molecule has 2 aliphatic heterocycles. The molecule has 0 radical (unpaired) electrons. The molecule has 49 heavy (non-hydrogen) atoms. The van der Waals surface area contributed by atoms with Gasteiger partial charge in [0.05, 0.1) is 16.8 Å². The highest BCUT2D eigenvalue weighted by Crippen LogP contribution is 2.58. The first-order chi connectivity index (χ1) is 24.0. The summed E-state index contributed by atoms with van der Waals surface area (Å²) in [4.78, 5) is 7.41. The van der Waals surface area contributed by atoms with Crippen molar-refractivity contribution >= 4 is 40.2 Å². The summed E-state index contributed by atoms with van der Waals surface area (Å²) in [5, 5.41) is 1.63. The Balaban J connectivity index is 1.40. The average molecular weight is 651 g/mol. The molecule has 0 bridgehead atoms. The fraction of sp³-hybridized carbons (Fsp3) is 0.0889. The zero-order valence-corrected chi connectivity index (χ0v) is 28.4. The number of aromatic nitrogens is 1. The molecule has 3 heterocycles. The van der Waals surface area contributed by atoms with Crippen LogP contribution in [0.1, 0.15) is 47.2 Å². The molecule has 2 atom stereocenters. The highest BCUT2D eigenvalue weighted by atomic mass is 31.2. The highest BCUT2D eigenvalue weighted by molar-refractivity contribution is 7.85. The maximum Gasteiger partial charge on any atom is 0.189 e. The summed E-state index contributed by atoms with van der Waals surface area (Å²) in [6, 6.07) is 59.5. The van der Waals surface area contributed by atoms with Crippen LogP contribution in [0.3, 0.4) is 0 Å². The molecule has 9 rings (SSSR count). The molecule has 2 aliphatic rings. The summed E-state index contributed by atoms with van der Waals surface area (Å²) < 4.78 is 15.8. The van der Waals surface area contributed by atoms with E-state index < -0.39 is 12.6 Å². The van der Waals surface area contributed by atoms with E-state index in [9.17, 15) is 0 Å². The van der Waals surface area contributed by atoms with Crippen molar-refractivity contribution in [2.75, 3.05) is 4.90 Å². The standard InChI is InChI=1S/C45H35N2OP/c1-44(2)36-23-12-14-26-40(36)47(34-19-8-4-9-20-34)41-29-28-33(31-39(41)44)45(32-17-6-3-7-18-32)37-24-13-15-27-42(37)49(48,35-21-10-5-11-22-35)43-38(45)25-16-30-46-43/h3-31H,1-2H3. The van der Waals surface area contributed by atoms with E-state index in [1.54, 1.807) is 6.20 Å². The van der Waals surface area contributed by atoms with Crippen LogP contribution in [-0.2, 0) is 15.4 Å². The molecule has 0 fully saturated rings. The Bertz CT molecular complexity index is 2350. The first kappa shape index (κ1) is 29.6. The molecule has 0 N–H and O–H groups in total. The second-order valence-corrected chi connectivity index (χ2v) is 16.1. The van der Waals surface area contributed by atoms with Crippen LogP contribution in [0.2, 0.25) is 0 Å². The summed E-state index contributed by atoms with van der Waals surface area (Å²) in [7, 11) is -3.33. The van der Waals surface area contributed by atoms with E-state index in [1.807, 2.05) is 42.5 Å². The Morgan fingerprint density at radius 2 is 1.12 bits per heavy atom. The molecule has 236 valence electrons. The third-order valence-electron chi connectivity index (χ3n) is 10.6. The fourth-order valence-electron chi connectivity index (χ4n) is 8.43. The minimum Gasteiger partial charge on any atom is -0.310 e. The van der Waals surface area contributed by atoms with Gasteiger partial charge < -0.3 is 9.46 Å². The summed E-state index contributed by atoms with van der Waals surface area (Å²) >= 11 is 0. The number of nitrogens with zero attached hydrogens (tertiary/aromatic N) is 2.